The fraction of sp³-hybridized carbons (Fsp3) is 0.538. The van der Waals surface area contributed by atoms with Crippen LogP contribution in [0, 0.1) is 6.92 Å². The van der Waals surface area contributed by atoms with Crippen molar-refractivity contribution in [1.29, 1.82) is 0 Å². The molecule has 0 fully saturated rings. The van der Waals surface area contributed by atoms with Gasteiger partial charge in [-0.3, -0.25) is 4.68 Å². The molecule has 0 aromatic carbocycles. The van der Waals surface area contributed by atoms with Crippen LogP contribution < -0.4 is 5.32 Å². The normalized spacial score (nSPS) is 18.9. The first kappa shape index (κ1) is 11.9. The summed E-state index contributed by atoms with van der Waals surface area (Å²) in [6, 6.07) is 0.437. The van der Waals surface area contributed by atoms with Gasteiger partial charge in [-0.1, -0.05) is 0 Å². The van der Waals surface area contributed by atoms with Crippen molar-refractivity contribution in [2.24, 2.45) is 7.05 Å². The molecular weight excluding hydrogens is 244 g/mol. The monoisotopic (exact) mass is 262 g/mol. The van der Waals surface area contributed by atoms with E-state index < -0.39 is 0 Å². The maximum atomic E-state index is 4.49. The molecule has 0 amide bonds. The van der Waals surface area contributed by atoms with Crippen LogP contribution in [0.3, 0.4) is 0 Å². The molecule has 4 nitrogen and oxygen atoms in total. The molecule has 1 N–H and O–H groups in total. The molecule has 1 aliphatic rings. The lowest BCUT2D eigenvalue weighted by Crippen LogP contribution is -2.24. The third-order valence-corrected chi connectivity index (χ3v) is 4.51. The molecule has 2 aromatic rings. The van der Waals surface area contributed by atoms with E-state index in [0.717, 1.165) is 18.7 Å². The summed E-state index contributed by atoms with van der Waals surface area (Å²) in [5.74, 6) is 0. The second-order valence-corrected chi connectivity index (χ2v) is 5.82. The minimum atomic E-state index is 0.437. The lowest BCUT2D eigenvalue weighted by molar-refractivity contribution is 0.451. The number of nitrogens with one attached hydrogen (secondary N) is 1. The van der Waals surface area contributed by atoms with E-state index in [1.165, 1.54) is 29.1 Å². The van der Waals surface area contributed by atoms with Gasteiger partial charge in [-0.2, -0.15) is 5.10 Å². The third kappa shape index (κ3) is 2.20. The topological polar surface area (TPSA) is 42.7 Å². The number of rotatable bonds is 3. The highest BCUT2D eigenvalue weighted by Gasteiger charge is 2.22. The van der Waals surface area contributed by atoms with Crippen LogP contribution in [0.4, 0.5) is 0 Å². The smallest absolute Gasteiger partial charge is 0.107 e. The SMILES string of the molecule is Cc1csc(CNC2CCCc3c2cnn3C)n1. The first-order valence-corrected chi connectivity index (χ1v) is 7.27. The van der Waals surface area contributed by atoms with Gasteiger partial charge in [0.2, 0.25) is 0 Å². The maximum Gasteiger partial charge on any atom is 0.107 e. The number of aromatic nitrogens is 3. The largest absolute Gasteiger partial charge is 0.303 e. The van der Waals surface area contributed by atoms with Gasteiger partial charge in [0, 0.05) is 42.0 Å². The molecule has 0 spiro atoms. The van der Waals surface area contributed by atoms with Crippen LogP contribution in [0.25, 0.3) is 0 Å². The lowest BCUT2D eigenvalue weighted by Gasteiger charge is -2.23. The van der Waals surface area contributed by atoms with E-state index in [2.05, 4.69) is 20.8 Å². The van der Waals surface area contributed by atoms with Crippen LogP contribution >= 0.6 is 11.3 Å². The molecule has 1 unspecified atom stereocenters. The second kappa shape index (κ2) is 4.82. The molecule has 96 valence electrons. The van der Waals surface area contributed by atoms with Gasteiger partial charge in [0.25, 0.3) is 0 Å². The minimum Gasteiger partial charge on any atom is -0.303 e. The Balaban J connectivity index is 1.71. The molecule has 5 heteroatoms. The van der Waals surface area contributed by atoms with Crippen LogP contribution in [0.5, 0.6) is 0 Å². The molecule has 2 aromatic heterocycles. The van der Waals surface area contributed by atoms with E-state index in [-0.39, 0.29) is 0 Å². The average molecular weight is 262 g/mol. The molecule has 1 atom stereocenters. The Hall–Kier alpha value is -1.20. The predicted molar refractivity (Wildman–Crippen MR) is 72.6 cm³/mol. The Bertz CT molecular complexity index is 543. The van der Waals surface area contributed by atoms with Crippen molar-refractivity contribution in [2.75, 3.05) is 0 Å². The Morgan fingerprint density at radius 1 is 1.56 bits per heavy atom. The van der Waals surface area contributed by atoms with Gasteiger partial charge in [-0.15, -0.1) is 11.3 Å². The summed E-state index contributed by atoms with van der Waals surface area (Å²) in [7, 11) is 2.03. The quantitative estimate of drug-likeness (QED) is 0.923. The number of thiazole rings is 1. The van der Waals surface area contributed by atoms with Gasteiger partial charge in [0.05, 0.1) is 6.20 Å². The van der Waals surface area contributed by atoms with E-state index in [4.69, 9.17) is 0 Å². The highest BCUT2D eigenvalue weighted by molar-refractivity contribution is 7.09. The van der Waals surface area contributed by atoms with E-state index in [1.54, 1.807) is 11.3 Å². The van der Waals surface area contributed by atoms with Crippen molar-refractivity contribution in [1.82, 2.24) is 20.1 Å². The van der Waals surface area contributed by atoms with Crippen LogP contribution in [-0.4, -0.2) is 14.8 Å². The van der Waals surface area contributed by atoms with Gasteiger partial charge in [-0.05, 0) is 26.2 Å². The van der Waals surface area contributed by atoms with Gasteiger partial charge < -0.3 is 5.32 Å². The molecule has 3 rings (SSSR count). The number of nitrogens with zero attached hydrogens (tertiary/aromatic N) is 3. The highest BCUT2D eigenvalue weighted by atomic mass is 32.1. The van der Waals surface area contributed by atoms with Crippen molar-refractivity contribution in [2.45, 2.75) is 38.8 Å². The molecule has 0 bridgehead atoms. The maximum absolute atomic E-state index is 4.49. The fourth-order valence-electron chi connectivity index (χ4n) is 2.61. The van der Waals surface area contributed by atoms with E-state index in [1.807, 2.05) is 24.9 Å². The first-order chi connectivity index (χ1) is 8.74. The zero-order chi connectivity index (χ0) is 12.5. The summed E-state index contributed by atoms with van der Waals surface area (Å²) in [4.78, 5) is 4.49. The molecular formula is C13H18N4S. The Kier molecular flexibility index (Phi) is 3.18. The lowest BCUT2D eigenvalue weighted by atomic mass is 9.93. The predicted octanol–water partition coefficient (Wildman–Crippen LogP) is 2.35. The first-order valence-electron chi connectivity index (χ1n) is 6.39. The summed E-state index contributed by atoms with van der Waals surface area (Å²) in [5, 5.41) is 11.3. The van der Waals surface area contributed by atoms with E-state index in [9.17, 15) is 0 Å². The standard InChI is InChI=1S/C13H18N4S/c1-9-8-18-13(16-9)7-14-11-4-3-5-12-10(11)6-15-17(12)2/h6,8,11,14H,3-5,7H2,1-2H3. The highest BCUT2D eigenvalue weighted by Crippen LogP contribution is 2.29. The number of hydrogen-bond donors (Lipinski definition) is 1. The van der Waals surface area contributed by atoms with Crippen LogP contribution in [0.1, 0.15) is 40.8 Å². The van der Waals surface area contributed by atoms with Crippen molar-refractivity contribution in [3.63, 3.8) is 0 Å². The van der Waals surface area contributed by atoms with Gasteiger partial charge in [0.1, 0.15) is 5.01 Å². The molecule has 0 saturated carbocycles. The van der Waals surface area contributed by atoms with Crippen molar-refractivity contribution < 1.29 is 0 Å². The molecule has 1 aliphatic carbocycles. The number of hydrogen-bond acceptors (Lipinski definition) is 4. The average Bonchev–Trinajstić information content (AvgIpc) is 2.94. The summed E-state index contributed by atoms with van der Waals surface area (Å²) in [6.07, 6.45) is 5.60. The van der Waals surface area contributed by atoms with Crippen molar-refractivity contribution >= 4 is 11.3 Å². The Morgan fingerprint density at radius 2 is 2.44 bits per heavy atom. The summed E-state index contributed by atoms with van der Waals surface area (Å²) >= 11 is 1.73. The van der Waals surface area contributed by atoms with Gasteiger partial charge in [0.15, 0.2) is 0 Å². The Morgan fingerprint density at radius 3 is 3.22 bits per heavy atom. The van der Waals surface area contributed by atoms with Crippen LogP contribution in [0.2, 0.25) is 0 Å². The van der Waals surface area contributed by atoms with E-state index >= 15 is 0 Å². The van der Waals surface area contributed by atoms with Crippen LogP contribution in [-0.2, 0) is 20.0 Å². The number of aryl methyl sites for hydroxylation is 2. The number of fused-ring (bicyclic) bond motifs is 1. The Labute approximate surface area is 111 Å². The minimum absolute atomic E-state index is 0.437. The molecule has 0 saturated heterocycles. The second-order valence-electron chi connectivity index (χ2n) is 4.88. The zero-order valence-corrected chi connectivity index (χ0v) is 11.6. The summed E-state index contributed by atoms with van der Waals surface area (Å²) < 4.78 is 2.01. The van der Waals surface area contributed by atoms with Crippen molar-refractivity contribution in [3.05, 3.63) is 33.5 Å². The molecule has 0 radical (unpaired) electrons. The fourth-order valence-corrected chi connectivity index (χ4v) is 3.34. The zero-order valence-electron chi connectivity index (χ0n) is 10.8. The molecule has 2 heterocycles. The van der Waals surface area contributed by atoms with Crippen LogP contribution in [0.15, 0.2) is 11.6 Å². The van der Waals surface area contributed by atoms with Gasteiger partial charge in [-0.25, -0.2) is 4.98 Å². The summed E-state index contributed by atoms with van der Waals surface area (Å²) in [5.41, 5.74) is 3.87. The van der Waals surface area contributed by atoms with Crippen molar-refractivity contribution in [3.8, 4) is 0 Å². The van der Waals surface area contributed by atoms with Gasteiger partial charge >= 0.3 is 0 Å². The molecule has 18 heavy (non-hydrogen) atoms. The van der Waals surface area contributed by atoms with E-state index in [0.29, 0.717) is 6.04 Å². The summed E-state index contributed by atoms with van der Waals surface area (Å²) in [6.45, 7) is 2.90. The third-order valence-electron chi connectivity index (χ3n) is 3.54. The molecule has 0 aliphatic heterocycles.